The van der Waals surface area contributed by atoms with Crippen molar-refractivity contribution >= 4 is 18.3 Å². The van der Waals surface area contributed by atoms with E-state index in [9.17, 15) is 4.79 Å². The van der Waals surface area contributed by atoms with Gasteiger partial charge < -0.3 is 15.4 Å². The van der Waals surface area contributed by atoms with Gasteiger partial charge in [-0.15, -0.1) is 12.4 Å². The SMILES string of the molecule is CCCOc1ccc(CNC(=O)CNC)cn1.Cl. The van der Waals surface area contributed by atoms with E-state index in [1.807, 2.05) is 19.1 Å². The van der Waals surface area contributed by atoms with E-state index in [1.165, 1.54) is 0 Å². The molecule has 1 heterocycles. The molecule has 102 valence electrons. The Labute approximate surface area is 114 Å². The van der Waals surface area contributed by atoms with Gasteiger partial charge in [0.05, 0.1) is 13.2 Å². The summed E-state index contributed by atoms with van der Waals surface area (Å²) >= 11 is 0. The molecular formula is C12H20ClN3O2. The molecule has 0 aliphatic rings. The van der Waals surface area contributed by atoms with Crippen molar-refractivity contribution < 1.29 is 9.53 Å². The number of nitrogens with one attached hydrogen (secondary N) is 2. The van der Waals surface area contributed by atoms with Crippen LogP contribution in [-0.4, -0.2) is 31.1 Å². The fourth-order valence-corrected chi connectivity index (χ4v) is 1.23. The van der Waals surface area contributed by atoms with Crippen LogP contribution in [0.15, 0.2) is 18.3 Å². The van der Waals surface area contributed by atoms with Gasteiger partial charge in [0.2, 0.25) is 11.8 Å². The molecule has 0 fully saturated rings. The molecule has 0 spiro atoms. The van der Waals surface area contributed by atoms with Crippen molar-refractivity contribution in [2.75, 3.05) is 20.2 Å². The Bertz CT molecular complexity index is 344. The highest BCUT2D eigenvalue weighted by Crippen LogP contribution is 2.07. The number of rotatable bonds is 7. The lowest BCUT2D eigenvalue weighted by Crippen LogP contribution is -2.31. The number of aromatic nitrogens is 1. The molecule has 6 heteroatoms. The number of amides is 1. The summed E-state index contributed by atoms with van der Waals surface area (Å²) < 4.78 is 5.37. The zero-order valence-corrected chi connectivity index (χ0v) is 11.5. The standard InChI is InChI=1S/C12H19N3O2.ClH/c1-3-6-17-12-5-4-10(8-15-12)7-14-11(16)9-13-2;/h4-5,8,13H,3,6-7,9H2,1-2H3,(H,14,16);1H. The molecule has 2 N–H and O–H groups in total. The Morgan fingerprint density at radius 3 is 2.78 bits per heavy atom. The summed E-state index contributed by atoms with van der Waals surface area (Å²) in [5.41, 5.74) is 0.957. The van der Waals surface area contributed by atoms with Gasteiger partial charge in [-0.3, -0.25) is 4.79 Å². The maximum Gasteiger partial charge on any atom is 0.234 e. The van der Waals surface area contributed by atoms with Gasteiger partial charge in [-0.05, 0) is 19.0 Å². The van der Waals surface area contributed by atoms with E-state index in [1.54, 1.807) is 13.2 Å². The minimum absolute atomic E-state index is 0. The zero-order chi connectivity index (χ0) is 12.5. The minimum Gasteiger partial charge on any atom is -0.478 e. The maximum atomic E-state index is 11.2. The summed E-state index contributed by atoms with van der Waals surface area (Å²) in [5, 5.41) is 5.57. The fraction of sp³-hybridized carbons (Fsp3) is 0.500. The molecule has 5 nitrogen and oxygen atoms in total. The number of ether oxygens (including phenoxy) is 1. The van der Waals surface area contributed by atoms with E-state index in [0.29, 0.717) is 25.6 Å². The summed E-state index contributed by atoms with van der Waals surface area (Å²) in [4.78, 5) is 15.4. The highest BCUT2D eigenvalue weighted by atomic mass is 35.5. The molecule has 18 heavy (non-hydrogen) atoms. The van der Waals surface area contributed by atoms with Gasteiger partial charge in [0.15, 0.2) is 0 Å². The van der Waals surface area contributed by atoms with Crippen LogP contribution in [0.5, 0.6) is 5.88 Å². The Morgan fingerprint density at radius 1 is 1.44 bits per heavy atom. The molecule has 1 amide bonds. The number of carbonyl (C=O) groups excluding carboxylic acids is 1. The average molecular weight is 274 g/mol. The zero-order valence-electron chi connectivity index (χ0n) is 10.7. The lowest BCUT2D eigenvalue weighted by Gasteiger charge is -2.06. The number of hydrogen-bond donors (Lipinski definition) is 2. The van der Waals surface area contributed by atoms with Crippen LogP contribution in [0.1, 0.15) is 18.9 Å². The molecule has 1 aromatic heterocycles. The molecule has 0 aromatic carbocycles. The molecular weight excluding hydrogens is 254 g/mol. The highest BCUT2D eigenvalue weighted by Gasteiger charge is 2.00. The Hall–Kier alpha value is -1.33. The first-order chi connectivity index (χ1) is 8.26. The van der Waals surface area contributed by atoms with Gasteiger partial charge in [-0.2, -0.15) is 0 Å². The van der Waals surface area contributed by atoms with Crippen molar-refractivity contribution in [3.63, 3.8) is 0 Å². The quantitative estimate of drug-likeness (QED) is 0.782. The third kappa shape index (κ3) is 6.42. The van der Waals surface area contributed by atoms with E-state index in [2.05, 4.69) is 15.6 Å². The van der Waals surface area contributed by atoms with Crippen LogP contribution in [0.4, 0.5) is 0 Å². The number of carbonyl (C=O) groups is 1. The van der Waals surface area contributed by atoms with Crippen LogP contribution in [-0.2, 0) is 11.3 Å². The summed E-state index contributed by atoms with van der Waals surface area (Å²) in [6, 6.07) is 3.72. The van der Waals surface area contributed by atoms with Crippen LogP contribution in [0.2, 0.25) is 0 Å². The van der Waals surface area contributed by atoms with Crippen molar-refractivity contribution in [2.45, 2.75) is 19.9 Å². The Balaban J connectivity index is 0.00000289. The number of likely N-dealkylation sites (N-methyl/N-ethyl adjacent to an activating group) is 1. The van der Waals surface area contributed by atoms with Crippen molar-refractivity contribution in [2.24, 2.45) is 0 Å². The number of hydrogen-bond acceptors (Lipinski definition) is 4. The summed E-state index contributed by atoms with van der Waals surface area (Å²) in [6.07, 6.45) is 2.67. The van der Waals surface area contributed by atoms with Crippen molar-refractivity contribution in [1.29, 1.82) is 0 Å². The molecule has 0 saturated carbocycles. The molecule has 0 bridgehead atoms. The topological polar surface area (TPSA) is 63.2 Å². The predicted octanol–water partition coefficient (Wildman–Crippen LogP) is 1.13. The second-order valence-electron chi connectivity index (χ2n) is 3.66. The third-order valence-corrected chi connectivity index (χ3v) is 2.08. The van der Waals surface area contributed by atoms with E-state index in [4.69, 9.17) is 4.74 Å². The lowest BCUT2D eigenvalue weighted by molar-refractivity contribution is -0.120. The molecule has 0 radical (unpaired) electrons. The highest BCUT2D eigenvalue weighted by molar-refractivity contribution is 5.85. The normalized spacial score (nSPS) is 9.44. The number of halogens is 1. The Kier molecular flexibility index (Phi) is 8.96. The van der Waals surface area contributed by atoms with Crippen LogP contribution in [0.25, 0.3) is 0 Å². The molecule has 1 aromatic rings. The minimum atomic E-state index is -0.0289. The van der Waals surface area contributed by atoms with Crippen LogP contribution in [0.3, 0.4) is 0 Å². The van der Waals surface area contributed by atoms with E-state index in [0.717, 1.165) is 12.0 Å². The maximum absolute atomic E-state index is 11.2. The third-order valence-electron chi connectivity index (χ3n) is 2.08. The van der Waals surface area contributed by atoms with Crippen molar-refractivity contribution in [3.8, 4) is 5.88 Å². The molecule has 0 unspecified atom stereocenters. The van der Waals surface area contributed by atoms with Gasteiger partial charge in [0, 0.05) is 18.8 Å². The van der Waals surface area contributed by atoms with Gasteiger partial charge in [-0.1, -0.05) is 13.0 Å². The van der Waals surface area contributed by atoms with E-state index in [-0.39, 0.29) is 18.3 Å². The van der Waals surface area contributed by atoms with Gasteiger partial charge in [0.25, 0.3) is 0 Å². The average Bonchev–Trinajstić information content (AvgIpc) is 2.35. The van der Waals surface area contributed by atoms with Crippen LogP contribution in [0, 0.1) is 0 Å². The number of pyridine rings is 1. The second-order valence-corrected chi connectivity index (χ2v) is 3.66. The molecule has 0 aliphatic carbocycles. The van der Waals surface area contributed by atoms with Crippen molar-refractivity contribution in [1.82, 2.24) is 15.6 Å². The molecule has 1 rings (SSSR count). The van der Waals surface area contributed by atoms with Gasteiger partial charge in [0.1, 0.15) is 0 Å². The Morgan fingerprint density at radius 2 is 2.22 bits per heavy atom. The fourth-order valence-electron chi connectivity index (χ4n) is 1.23. The smallest absolute Gasteiger partial charge is 0.234 e. The van der Waals surface area contributed by atoms with Crippen molar-refractivity contribution in [3.05, 3.63) is 23.9 Å². The van der Waals surface area contributed by atoms with Crippen LogP contribution >= 0.6 is 12.4 Å². The molecule has 0 atom stereocenters. The number of nitrogens with zero attached hydrogens (tertiary/aromatic N) is 1. The van der Waals surface area contributed by atoms with Crippen LogP contribution < -0.4 is 15.4 Å². The molecule has 0 saturated heterocycles. The first-order valence-electron chi connectivity index (χ1n) is 5.75. The summed E-state index contributed by atoms with van der Waals surface area (Å²) in [7, 11) is 1.74. The van der Waals surface area contributed by atoms with Gasteiger partial charge >= 0.3 is 0 Å². The summed E-state index contributed by atoms with van der Waals surface area (Å²) in [5.74, 6) is 0.593. The van der Waals surface area contributed by atoms with Gasteiger partial charge in [-0.25, -0.2) is 4.98 Å². The van der Waals surface area contributed by atoms with E-state index >= 15 is 0 Å². The predicted molar refractivity (Wildman–Crippen MR) is 73.0 cm³/mol. The van der Waals surface area contributed by atoms with E-state index < -0.39 is 0 Å². The first kappa shape index (κ1) is 16.7. The first-order valence-corrected chi connectivity index (χ1v) is 5.75. The largest absolute Gasteiger partial charge is 0.478 e. The second kappa shape index (κ2) is 9.67. The lowest BCUT2D eigenvalue weighted by atomic mass is 10.3. The monoisotopic (exact) mass is 273 g/mol. The summed E-state index contributed by atoms with van der Waals surface area (Å²) in [6.45, 7) is 3.53. The molecule has 0 aliphatic heterocycles.